The van der Waals surface area contributed by atoms with Crippen LogP contribution in [0.5, 0.6) is 0 Å². The second kappa shape index (κ2) is 7.70. The number of amides is 1. The summed E-state index contributed by atoms with van der Waals surface area (Å²) < 4.78 is 1.82. The molecular weight excluding hydrogens is 393 g/mol. The lowest BCUT2D eigenvalue weighted by Crippen LogP contribution is -2.14. The predicted octanol–water partition coefficient (Wildman–Crippen LogP) is 5.76. The summed E-state index contributed by atoms with van der Waals surface area (Å²) in [6.07, 6.45) is 0. The highest BCUT2D eigenvalue weighted by atomic mass is 35.5. The third-order valence-corrected chi connectivity index (χ3v) is 5.12. The first-order valence-electron chi connectivity index (χ1n) is 7.90. The Morgan fingerprint density at radius 1 is 1.04 bits per heavy atom. The Hall–Kier alpha value is -2.01. The number of benzene rings is 2. The molecule has 0 aliphatic heterocycles. The molecular formula is C19H16Cl3N3O. The minimum atomic E-state index is -0.268. The Bertz CT molecular complexity index is 982. The van der Waals surface area contributed by atoms with Gasteiger partial charge in [0.1, 0.15) is 0 Å². The van der Waals surface area contributed by atoms with Gasteiger partial charge in [-0.25, -0.2) is 0 Å². The average Bonchev–Trinajstić information content (AvgIpc) is 2.86. The first-order chi connectivity index (χ1) is 12.4. The maximum absolute atomic E-state index is 12.5. The Morgan fingerprint density at radius 3 is 2.46 bits per heavy atom. The second-order valence-corrected chi connectivity index (χ2v) is 7.11. The van der Waals surface area contributed by atoms with Crippen LogP contribution in [-0.2, 0) is 6.54 Å². The van der Waals surface area contributed by atoms with Gasteiger partial charge in [0.15, 0.2) is 0 Å². The molecule has 0 aliphatic carbocycles. The maximum atomic E-state index is 12.5. The van der Waals surface area contributed by atoms with E-state index in [4.69, 9.17) is 34.8 Å². The Labute approximate surface area is 166 Å². The van der Waals surface area contributed by atoms with E-state index in [1.807, 2.05) is 30.7 Å². The normalized spacial score (nSPS) is 10.8. The van der Waals surface area contributed by atoms with E-state index in [0.29, 0.717) is 32.9 Å². The van der Waals surface area contributed by atoms with E-state index in [1.165, 1.54) is 0 Å². The van der Waals surface area contributed by atoms with E-state index in [-0.39, 0.29) is 5.91 Å². The summed E-state index contributed by atoms with van der Waals surface area (Å²) in [6.45, 7) is 4.27. The molecule has 2 aromatic carbocycles. The SMILES string of the molecule is Cc1nn(Cc2ccc(Cl)c(Cl)c2)c(C)c1NC(=O)c1ccccc1Cl. The number of halogens is 3. The molecule has 0 aliphatic rings. The van der Waals surface area contributed by atoms with Crippen LogP contribution >= 0.6 is 34.8 Å². The predicted molar refractivity (Wildman–Crippen MR) is 107 cm³/mol. The number of carbonyl (C=O) groups excluding carboxylic acids is 1. The van der Waals surface area contributed by atoms with Crippen molar-refractivity contribution >= 4 is 46.4 Å². The maximum Gasteiger partial charge on any atom is 0.257 e. The van der Waals surface area contributed by atoms with Crippen molar-refractivity contribution in [2.75, 3.05) is 5.32 Å². The van der Waals surface area contributed by atoms with Gasteiger partial charge in [-0.05, 0) is 43.7 Å². The molecule has 3 rings (SSSR count). The van der Waals surface area contributed by atoms with Crippen LogP contribution in [0.15, 0.2) is 42.5 Å². The van der Waals surface area contributed by atoms with Crippen molar-refractivity contribution in [2.45, 2.75) is 20.4 Å². The van der Waals surface area contributed by atoms with Crippen molar-refractivity contribution in [1.82, 2.24) is 9.78 Å². The fraction of sp³-hybridized carbons (Fsp3) is 0.158. The van der Waals surface area contributed by atoms with E-state index in [2.05, 4.69) is 10.4 Å². The fourth-order valence-corrected chi connectivity index (χ4v) is 3.21. The van der Waals surface area contributed by atoms with Crippen molar-refractivity contribution in [3.63, 3.8) is 0 Å². The zero-order valence-electron chi connectivity index (χ0n) is 14.2. The molecule has 0 fully saturated rings. The highest BCUT2D eigenvalue weighted by Crippen LogP contribution is 2.26. The van der Waals surface area contributed by atoms with Gasteiger partial charge < -0.3 is 5.32 Å². The summed E-state index contributed by atoms with van der Waals surface area (Å²) in [6, 6.07) is 12.4. The molecule has 134 valence electrons. The average molecular weight is 409 g/mol. The lowest BCUT2D eigenvalue weighted by atomic mass is 10.2. The number of rotatable bonds is 4. The highest BCUT2D eigenvalue weighted by Gasteiger charge is 2.17. The molecule has 0 unspecified atom stereocenters. The topological polar surface area (TPSA) is 46.9 Å². The van der Waals surface area contributed by atoms with Crippen LogP contribution in [0.3, 0.4) is 0 Å². The molecule has 0 bridgehead atoms. The van der Waals surface area contributed by atoms with Gasteiger partial charge in [-0.3, -0.25) is 9.48 Å². The Morgan fingerprint density at radius 2 is 1.77 bits per heavy atom. The van der Waals surface area contributed by atoms with Crippen LogP contribution in [0.4, 0.5) is 5.69 Å². The number of nitrogens with zero attached hydrogens (tertiary/aromatic N) is 2. The zero-order chi connectivity index (χ0) is 18.8. The number of anilines is 1. The van der Waals surface area contributed by atoms with Crippen LogP contribution in [0, 0.1) is 13.8 Å². The van der Waals surface area contributed by atoms with Gasteiger partial charge in [0, 0.05) is 0 Å². The lowest BCUT2D eigenvalue weighted by molar-refractivity contribution is 0.102. The molecule has 1 heterocycles. The lowest BCUT2D eigenvalue weighted by Gasteiger charge is -2.09. The van der Waals surface area contributed by atoms with E-state index in [1.54, 1.807) is 30.3 Å². The van der Waals surface area contributed by atoms with E-state index >= 15 is 0 Å². The standard InChI is InChI=1S/C19H16Cl3N3O/c1-11-18(23-19(26)14-5-3-4-6-15(14)20)12(2)25(24-11)10-13-7-8-16(21)17(22)9-13/h3-9H,10H2,1-2H3,(H,23,26). The summed E-state index contributed by atoms with van der Waals surface area (Å²) in [4.78, 5) is 12.5. The number of carbonyl (C=O) groups is 1. The van der Waals surface area contributed by atoms with Gasteiger partial charge in [0.25, 0.3) is 5.91 Å². The fourth-order valence-electron chi connectivity index (χ4n) is 2.67. The molecule has 7 heteroatoms. The molecule has 0 radical (unpaired) electrons. The zero-order valence-corrected chi connectivity index (χ0v) is 16.5. The van der Waals surface area contributed by atoms with Gasteiger partial charge >= 0.3 is 0 Å². The molecule has 1 N–H and O–H groups in total. The molecule has 1 amide bonds. The monoisotopic (exact) mass is 407 g/mol. The minimum Gasteiger partial charge on any atom is -0.319 e. The van der Waals surface area contributed by atoms with Gasteiger partial charge in [-0.2, -0.15) is 5.10 Å². The van der Waals surface area contributed by atoms with Crippen LogP contribution in [0.2, 0.25) is 15.1 Å². The third kappa shape index (κ3) is 3.88. The van der Waals surface area contributed by atoms with Crippen LogP contribution in [-0.4, -0.2) is 15.7 Å². The molecule has 3 aromatic rings. The third-order valence-electron chi connectivity index (χ3n) is 4.05. The van der Waals surface area contributed by atoms with Crippen LogP contribution in [0.1, 0.15) is 27.3 Å². The number of hydrogen-bond donors (Lipinski definition) is 1. The van der Waals surface area contributed by atoms with Gasteiger partial charge in [-0.15, -0.1) is 0 Å². The van der Waals surface area contributed by atoms with Crippen LogP contribution < -0.4 is 5.32 Å². The second-order valence-electron chi connectivity index (χ2n) is 5.89. The molecule has 0 atom stereocenters. The molecule has 26 heavy (non-hydrogen) atoms. The van der Waals surface area contributed by atoms with Crippen LogP contribution in [0.25, 0.3) is 0 Å². The van der Waals surface area contributed by atoms with Crippen molar-refractivity contribution in [2.24, 2.45) is 0 Å². The quantitative estimate of drug-likeness (QED) is 0.596. The molecule has 4 nitrogen and oxygen atoms in total. The minimum absolute atomic E-state index is 0.268. The number of aryl methyl sites for hydroxylation is 1. The first kappa shape index (κ1) is 18.8. The van der Waals surface area contributed by atoms with E-state index in [9.17, 15) is 4.79 Å². The summed E-state index contributed by atoms with van der Waals surface area (Å²) in [5.74, 6) is -0.268. The number of nitrogens with one attached hydrogen (secondary N) is 1. The molecule has 1 aromatic heterocycles. The molecule has 0 saturated heterocycles. The Balaban J connectivity index is 1.85. The van der Waals surface area contributed by atoms with Crippen molar-refractivity contribution < 1.29 is 4.79 Å². The first-order valence-corrected chi connectivity index (χ1v) is 9.04. The van der Waals surface area contributed by atoms with Crippen molar-refractivity contribution in [1.29, 1.82) is 0 Å². The Kier molecular flexibility index (Phi) is 5.56. The highest BCUT2D eigenvalue weighted by molar-refractivity contribution is 6.42. The molecule has 0 spiro atoms. The van der Waals surface area contributed by atoms with E-state index in [0.717, 1.165) is 17.0 Å². The van der Waals surface area contributed by atoms with Crippen molar-refractivity contribution in [3.05, 3.63) is 80.0 Å². The smallest absolute Gasteiger partial charge is 0.257 e. The van der Waals surface area contributed by atoms with Gasteiger partial charge in [0.05, 0.1) is 44.3 Å². The largest absolute Gasteiger partial charge is 0.319 e. The summed E-state index contributed by atoms with van der Waals surface area (Å²) >= 11 is 18.1. The van der Waals surface area contributed by atoms with E-state index < -0.39 is 0 Å². The van der Waals surface area contributed by atoms with Gasteiger partial charge in [-0.1, -0.05) is 53.0 Å². The summed E-state index contributed by atoms with van der Waals surface area (Å²) in [7, 11) is 0. The summed E-state index contributed by atoms with van der Waals surface area (Å²) in [5, 5.41) is 8.84. The molecule has 0 saturated carbocycles. The number of aromatic nitrogens is 2. The number of hydrogen-bond acceptors (Lipinski definition) is 2. The van der Waals surface area contributed by atoms with Crippen molar-refractivity contribution in [3.8, 4) is 0 Å². The summed E-state index contributed by atoms with van der Waals surface area (Å²) in [5.41, 5.74) is 3.63. The van der Waals surface area contributed by atoms with Gasteiger partial charge in [0.2, 0.25) is 0 Å².